The third-order valence-electron chi connectivity index (χ3n) is 3.01. The molecule has 0 saturated carbocycles. The van der Waals surface area contributed by atoms with Gasteiger partial charge in [0.2, 0.25) is 0 Å². The molecule has 106 valence electrons. The molecule has 0 aliphatic heterocycles. The van der Waals surface area contributed by atoms with Crippen molar-refractivity contribution in [1.29, 1.82) is 0 Å². The number of carbonyl (C=O) groups excluding carboxylic acids is 2. The van der Waals surface area contributed by atoms with Crippen molar-refractivity contribution < 1.29 is 14.0 Å². The largest absolute Gasteiger partial charge is 0.429 e. The zero-order chi connectivity index (χ0) is 15.0. The fraction of sp³-hybridized carbons (Fsp3) is 0.0714. The quantitative estimate of drug-likeness (QED) is 0.511. The molecule has 2 heterocycles. The molecular weight excluding hydrogens is 290 g/mol. The topological polar surface area (TPSA) is 90.9 Å². The Kier molecular flexibility index (Phi) is 3.19. The summed E-state index contributed by atoms with van der Waals surface area (Å²) in [4.78, 5) is 29.2. The third-order valence-corrected chi connectivity index (χ3v) is 3.20. The van der Waals surface area contributed by atoms with Crippen molar-refractivity contribution in [3.63, 3.8) is 0 Å². The van der Waals surface area contributed by atoms with Gasteiger partial charge in [-0.05, 0) is 37.3 Å². The van der Waals surface area contributed by atoms with E-state index >= 15 is 0 Å². The Balaban J connectivity index is 1.84. The average Bonchev–Trinajstić information content (AvgIpc) is 3.03. The van der Waals surface area contributed by atoms with Gasteiger partial charge in [0, 0.05) is 23.5 Å². The number of fused-ring (bicyclic) bond motifs is 1. The molecule has 3 aromatic rings. The minimum absolute atomic E-state index is 0.101. The lowest BCUT2D eigenvalue weighted by Crippen LogP contribution is -2.12. The zero-order valence-corrected chi connectivity index (χ0v) is 11.8. The van der Waals surface area contributed by atoms with Gasteiger partial charge in [-0.2, -0.15) is 0 Å². The van der Waals surface area contributed by atoms with E-state index in [1.807, 2.05) is 0 Å². The number of aromatic amines is 2. The second-order valence-electron chi connectivity index (χ2n) is 4.54. The highest BCUT2D eigenvalue weighted by Gasteiger charge is 2.11. The summed E-state index contributed by atoms with van der Waals surface area (Å²) in [7, 11) is 0. The first-order valence-electron chi connectivity index (χ1n) is 6.16. The minimum atomic E-state index is -0.337. The summed E-state index contributed by atoms with van der Waals surface area (Å²) in [5.74, 6) is -0.438. The Morgan fingerprint density at radius 2 is 2.10 bits per heavy atom. The Morgan fingerprint density at radius 1 is 1.29 bits per heavy atom. The van der Waals surface area contributed by atoms with E-state index in [-0.39, 0.29) is 16.5 Å². The lowest BCUT2D eigenvalue weighted by atomic mass is 10.2. The number of hydrogen-bond donors (Lipinski definition) is 3. The van der Waals surface area contributed by atoms with Crippen LogP contribution in [-0.4, -0.2) is 21.7 Å². The molecule has 0 aliphatic carbocycles. The Bertz CT molecular complexity index is 903. The van der Waals surface area contributed by atoms with Crippen LogP contribution in [0.3, 0.4) is 0 Å². The zero-order valence-electron chi connectivity index (χ0n) is 11.0. The van der Waals surface area contributed by atoms with Gasteiger partial charge in [0.05, 0.1) is 5.52 Å². The van der Waals surface area contributed by atoms with Gasteiger partial charge in [0.25, 0.3) is 10.7 Å². The van der Waals surface area contributed by atoms with E-state index in [1.54, 1.807) is 18.2 Å². The van der Waals surface area contributed by atoms with Crippen LogP contribution in [0.2, 0.25) is 0 Å². The monoisotopic (exact) mass is 301 g/mol. The summed E-state index contributed by atoms with van der Waals surface area (Å²) in [6.07, 6.45) is 1.51. The van der Waals surface area contributed by atoms with Gasteiger partial charge in [-0.3, -0.25) is 9.59 Å². The SMILES string of the molecule is CC(=O)c1c[nH]c(C(=O)Nc2ccc3[nH]c(=S)oc3c2)c1. The van der Waals surface area contributed by atoms with Crippen LogP contribution in [0.4, 0.5) is 5.69 Å². The first-order valence-corrected chi connectivity index (χ1v) is 6.57. The maximum Gasteiger partial charge on any atom is 0.272 e. The summed E-state index contributed by atoms with van der Waals surface area (Å²) < 4.78 is 5.29. The molecule has 3 N–H and O–H groups in total. The van der Waals surface area contributed by atoms with E-state index < -0.39 is 0 Å². The van der Waals surface area contributed by atoms with Crippen molar-refractivity contribution in [3.8, 4) is 0 Å². The lowest BCUT2D eigenvalue weighted by molar-refractivity contribution is 0.101. The molecule has 1 amide bonds. The van der Waals surface area contributed by atoms with Gasteiger partial charge in [0.1, 0.15) is 5.69 Å². The standard InChI is InChI=1S/C14H11N3O3S/c1-7(18)8-4-11(15-6-8)13(19)16-9-2-3-10-12(5-9)20-14(21)17-10/h2-6,15H,1H3,(H,16,19)(H,17,21). The molecule has 2 aromatic heterocycles. The van der Waals surface area contributed by atoms with Gasteiger partial charge >= 0.3 is 0 Å². The van der Waals surface area contributed by atoms with Crippen LogP contribution in [0, 0.1) is 4.84 Å². The predicted molar refractivity (Wildman–Crippen MR) is 80.1 cm³/mol. The molecule has 21 heavy (non-hydrogen) atoms. The molecule has 0 saturated heterocycles. The molecule has 0 atom stereocenters. The number of carbonyl (C=O) groups is 2. The van der Waals surface area contributed by atoms with Gasteiger partial charge in [-0.15, -0.1) is 0 Å². The Labute approximate surface area is 124 Å². The highest BCUT2D eigenvalue weighted by atomic mass is 32.1. The third kappa shape index (κ3) is 2.63. The number of H-pyrrole nitrogens is 2. The molecule has 1 aromatic carbocycles. The van der Waals surface area contributed by atoms with Crippen molar-refractivity contribution in [2.45, 2.75) is 6.92 Å². The van der Waals surface area contributed by atoms with Crippen molar-refractivity contribution in [1.82, 2.24) is 9.97 Å². The fourth-order valence-electron chi connectivity index (χ4n) is 1.95. The molecule has 0 radical (unpaired) electrons. The van der Waals surface area contributed by atoms with Crippen molar-refractivity contribution >= 4 is 40.7 Å². The van der Waals surface area contributed by atoms with Crippen molar-refractivity contribution in [2.24, 2.45) is 0 Å². The fourth-order valence-corrected chi connectivity index (χ4v) is 2.15. The molecule has 0 unspecified atom stereocenters. The molecule has 0 aliphatic rings. The van der Waals surface area contributed by atoms with E-state index in [4.69, 9.17) is 16.6 Å². The second kappa shape index (κ2) is 5.02. The van der Waals surface area contributed by atoms with Crippen LogP contribution in [0.15, 0.2) is 34.9 Å². The Morgan fingerprint density at radius 3 is 2.81 bits per heavy atom. The van der Waals surface area contributed by atoms with E-state index in [2.05, 4.69) is 15.3 Å². The summed E-state index contributed by atoms with van der Waals surface area (Å²) in [6.45, 7) is 1.44. The van der Waals surface area contributed by atoms with Crippen LogP contribution in [-0.2, 0) is 0 Å². The maximum absolute atomic E-state index is 12.1. The number of aromatic nitrogens is 2. The lowest BCUT2D eigenvalue weighted by Gasteiger charge is -2.03. The van der Waals surface area contributed by atoms with E-state index in [0.717, 1.165) is 5.52 Å². The number of oxazole rings is 1. The van der Waals surface area contributed by atoms with Crippen molar-refractivity contribution in [3.05, 3.63) is 46.6 Å². The van der Waals surface area contributed by atoms with Gasteiger partial charge < -0.3 is 19.7 Å². The van der Waals surface area contributed by atoms with Crippen LogP contribution < -0.4 is 5.32 Å². The average molecular weight is 301 g/mol. The minimum Gasteiger partial charge on any atom is -0.429 e. The molecule has 3 rings (SSSR count). The number of hydrogen-bond acceptors (Lipinski definition) is 4. The molecular formula is C14H11N3O3S. The van der Waals surface area contributed by atoms with Crippen LogP contribution in [0.5, 0.6) is 0 Å². The highest BCUT2D eigenvalue weighted by Crippen LogP contribution is 2.19. The van der Waals surface area contributed by atoms with E-state index in [0.29, 0.717) is 22.5 Å². The molecule has 0 spiro atoms. The molecule has 6 nitrogen and oxygen atoms in total. The van der Waals surface area contributed by atoms with Crippen LogP contribution in [0.25, 0.3) is 11.1 Å². The number of anilines is 1. The summed E-state index contributed by atoms with van der Waals surface area (Å²) in [6, 6.07) is 6.68. The molecule has 7 heteroatoms. The normalized spacial score (nSPS) is 10.7. The number of Topliss-reactive ketones (excluding diaryl/α,β-unsaturated/α-hetero) is 1. The van der Waals surface area contributed by atoms with Gasteiger partial charge in [0.15, 0.2) is 11.4 Å². The number of ketones is 1. The highest BCUT2D eigenvalue weighted by molar-refractivity contribution is 7.71. The summed E-state index contributed by atoms with van der Waals surface area (Å²) in [5, 5.41) is 2.72. The smallest absolute Gasteiger partial charge is 0.272 e. The number of benzene rings is 1. The number of rotatable bonds is 3. The van der Waals surface area contributed by atoms with E-state index in [9.17, 15) is 9.59 Å². The van der Waals surface area contributed by atoms with Crippen LogP contribution in [0.1, 0.15) is 27.8 Å². The maximum atomic E-state index is 12.1. The predicted octanol–water partition coefficient (Wildman–Crippen LogP) is 3.27. The van der Waals surface area contributed by atoms with Gasteiger partial charge in [-0.1, -0.05) is 0 Å². The second-order valence-corrected chi connectivity index (χ2v) is 4.91. The van der Waals surface area contributed by atoms with Crippen LogP contribution >= 0.6 is 12.2 Å². The number of nitrogens with one attached hydrogen (secondary N) is 3. The van der Waals surface area contributed by atoms with E-state index in [1.165, 1.54) is 19.2 Å². The molecule has 0 bridgehead atoms. The Hall–Kier alpha value is -2.67. The first kappa shape index (κ1) is 13.3. The summed E-state index contributed by atoms with van der Waals surface area (Å²) in [5.41, 5.74) is 2.68. The summed E-state index contributed by atoms with van der Waals surface area (Å²) >= 11 is 4.90. The molecule has 0 fully saturated rings. The first-order chi connectivity index (χ1) is 10.0. The van der Waals surface area contributed by atoms with Crippen molar-refractivity contribution in [2.75, 3.05) is 5.32 Å². The van der Waals surface area contributed by atoms with Gasteiger partial charge in [-0.25, -0.2) is 0 Å². The number of amides is 1.